The van der Waals surface area contributed by atoms with Gasteiger partial charge >= 0.3 is 0 Å². The minimum absolute atomic E-state index is 0.550. The maximum Gasteiger partial charge on any atom is 0.110 e. The van der Waals surface area contributed by atoms with Crippen molar-refractivity contribution in [1.82, 2.24) is 9.97 Å². The van der Waals surface area contributed by atoms with Crippen LogP contribution in [-0.4, -0.2) is 9.97 Å². The highest BCUT2D eigenvalue weighted by atomic mass is 14.9. The molecular weight excluding hydrogens is 220 g/mol. The predicted molar refractivity (Wildman–Crippen MR) is 79.8 cm³/mol. The fourth-order valence-corrected chi connectivity index (χ4v) is 2.29. The van der Waals surface area contributed by atoms with E-state index in [1.54, 1.807) is 6.08 Å². The highest BCUT2D eigenvalue weighted by Gasteiger charge is 2.13. The Hall–Kier alpha value is -1.31. The van der Waals surface area contributed by atoms with Gasteiger partial charge in [-0.05, 0) is 18.9 Å². The molecule has 1 aromatic rings. The Bertz CT molecular complexity index is 456. The van der Waals surface area contributed by atoms with Gasteiger partial charge in [0.1, 0.15) is 5.82 Å². The van der Waals surface area contributed by atoms with E-state index in [2.05, 4.69) is 37.0 Å². The first-order valence-electron chi connectivity index (χ1n) is 7.10. The van der Waals surface area contributed by atoms with E-state index < -0.39 is 0 Å². The molecule has 18 heavy (non-hydrogen) atoms. The summed E-state index contributed by atoms with van der Waals surface area (Å²) in [7, 11) is 0. The number of aromatic amines is 1. The van der Waals surface area contributed by atoms with Gasteiger partial charge in [0.25, 0.3) is 0 Å². The first-order chi connectivity index (χ1) is 8.72. The van der Waals surface area contributed by atoms with E-state index in [0.29, 0.717) is 5.92 Å². The molecule has 0 radical (unpaired) electrons. The van der Waals surface area contributed by atoms with Crippen LogP contribution in [0.2, 0.25) is 0 Å². The van der Waals surface area contributed by atoms with Gasteiger partial charge in [0.05, 0.1) is 10.7 Å². The van der Waals surface area contributed by atoms with Crippen molar-refractivity contribution in [3.63, 3.8) is 0 Å². The largest absolute Gasteiger partial charge is 0.342 e. The Morgan fingerprint density at radius 1 is 1.22 bits per heavy atom. The van der Waals surface area contributed by atoms with Gasteiger partial charge in [-0.2, -0.15) is 0 Å². The predicted octanol–water partition coefficient (Wildman–Crippen LogP) is 3.25. The Labute approximate surface area is 111 Å². The first-order valence-corrected chi connectivity index (χ1v) is 7.10. The zero-order valence-electron chi connectivity index (χ0n) is 11.8. The van der Waals surface area contributed by atoms with Crippen LogP contribution < -0.4 is 10.7 Å². The second-order valence-electron chi connectivity index (χ2n) is 4.87. The molecule has 0 aliphatic carbocycles. The molecule has 1 unspecified atom stereocenters. The lowest BCUT2D eigenvalue weighted by molar-refractivity contribution is 0.510. The fraction of sp³-hybridized carbons (Fsp3) is 0.562. The topological polar surface area (TPSA) is 28.7 Å². The van der Waals surface area contributed by atoms with Crippen molar-refractivity contribution in [2.24, 2.45) is 0 Å². The first kappa shape index (κ1) is 14.7. The molecule has 0 saturated carbocycles. The van der Waals surface area contributed by atoms with Gasteiger partial charge in [0, 0.05) is 5.92 Å². The lowest BCUT2D eigenvalue weighted by atomic mass is 9.96. The van der Waals surface area contributed by atoms with Crippen LogP contribution in [0.3, 0.4) is 0 Å². The molecule has 0 aromatic carbocycles. The lowest BCUT2D eigenvalue weighted by Gasteiger charge is -2.12. The van der Waals surface area contributed by atoms with Crippen LogP contribution in [0.1, 0.15) is 64.1 Å². The number of unbranched alkanes of at least 4 members (excludes halogenated alkanes) is 2. The maximum absolute atomic E-state index is 4.65. The number of nitrogens with one attached hydrogen (secondary N) is 1. The zero-order chi connectivity index (χ0) is 13.4. The van der Waals surface area contributed by atoms with Crippen LogP contribution in [0, 0.1) is 0 Å². The number of imidazole rings is 1. The molecule has 0 amide bonds. The van der Waals surface area contributed by atoms with E-state index in [-0.39, 0.29) is 0 Å². The fourth-order valence-electron chi connectivity index (χ4n) is 2.29. The summed E-state index contributed by atoms with van der Waals surface area (Å²) in [5.41, 5.74) is 0. The molecule has 1 rings (SSSR count). The van der Waals surface area contributed by atoms with Gasteiger partial charge in [0.2, 0.25) is 0 Å². The molecule has 1 N–H and O–H groups in total. The van der Waals surface area contributed by atoms with Crippen molar-refractivity contribution in [2.45, 2.75) is 58.3 Å². The standard InChI is InChI=1S/C16H26N2/c1-5-8-9-12-14(10-6-2)16-17-13(4)15(18-16)11-7-3/h7,11,14H,3-6,8-10,12H2,1-2H3,(H,17,18)/b15-11+. The van der Waals surface area contributed by atoms with Crippen LogP contribution in [0.5, 0.6) is 0 Å². The smallest absolute Gasteiger partial charge is 0.110 e. The molecule has 0 spiro atoms. The third-order valence-electron chi connectivity index (χ3n) is 3.28. The van der Waals surface area contributed by atoms with Crippen molar-refractivity contribution in [3.8, 4) is 0 Å². The monoisotopic (exact) mass is 246 g/mol. The van der Waals surface area contributed by atoms with Crippen molar-refractivity contribution >= 4 is 12.7 Å². The molecule has 1 aromatic heterocycles. The van der Waals surface area contributed by atoms with Crippen molar-refractivity contribution in [3.05, 3.63) is 29.2 Å². The highest BCUT2D eigenvalue weighted by Crippen LogP contribution is 2.23. The quantitative estimate of drug-likeness (QED) is 0.701. The average molecular weight is 246 g/mol. The number of allylic oxidation sites excluding steroid dienone is 1. The third kappa shape index (κ3) is 4.17. The summed E-state index contributed by atoms with van der Waals surface area (Å²) in [6, 6.07) is 0. The van der Waals surface area contributed by atoms with Crippen LogP contribution in [0.25, 0.3) is 12.7 Å². The van der Waals surface area contributed by atoms with Gasteiger partial charge < -0.3 is 4.98 Å². The van der Waals surface area contributed by atoms with Crippen LogP contribution in [-0.2, 0) is 0 Å². The summed E-state index contributed by atoms with van der Waals surface area (Å²) in [4.78, 5) is 7.99. The molecule has 0 saturated heterocycles. The molecule has 1 heterocycles. The summed E-state index contributed by atoms with van der Waals surface area (Å²) >= 11 is 0. The van der Waals surface area contributed by atoms with Gasteiger partial charge in [0.15, 0.2) is 0 Å². The number of hydrogen-bond acceptors (Lipinski definition) is 1. The Kier molecular flexibility index (Phi) is 6.48. The number of H-pyrrole nitrogens is 1. The van der Waals surface area contributed by atoms with E-state index in [1.807, 2.05) is 6.08 Å². The summed E-state index contributed by atoms with van der Waals surface area (Å²) in [6.45, 7) is 12.2. The molecule has 0 bridgehead atoms. The average Bonchev–Trinajstić information content (AvgIpc) is 2.71. The highest BCUT2D eigenvalue weighted by molar-refractivity contribution is 5.32. The van der Waals surface area contributed by atoms with E-state index in [9.17, 15) is 0 Å². The normalized spacial score (nSPS) is 13.8. The second kappa shape index (κ2) is 7.91. The van der Waals surface area contributed by atoms with Crippen molar-refractivity contribution in [2.75, 3.05) is 0 Å². The lowest BCUT2D eigenvalue weighted by Crippen LogP contribution is -2.21. The number of aromatic nitrogens is 2. The van der Waals surface area contributed by atoms with Gasteiger partial charge in [-0.15, -0.1) is 0 Å². The number of rotatable bonds is 8. The van der Waals surface area contributed by atoms with Crippen LogP contribution >= 0.6 is 0 Å². The van der Waals surface area contributed by atoms with Gasteiger partial charge in [-0.25, -0.2) is 4.98 Å². The van der Waals surface area contributed by atoms with E-state index >= 15 is 0 Å². The molecule has 1 atom stereocenters. The minimum Gasteiger partial charge on any atom is -0.342 e. The zero-order valence-corrected chi connectivity index (χ0v) is 11.8. The number of nitrogens with zero attached hydrogens (tertiary/aromatic N) is 1. The molecule has 0 fully saturated rings. The minimum atomic E-state index is 0.550. The Balaban J connectivity index is 2.84. The second-order valence-corrected chi connectivity index (χ2v) is 4.87. The van der Waals surface area contributed by atoms with Gasteiger partial charge in [-0.1, -0.05) is 58.8 Å². The van der Waals surface area contributed by atoms with Crippen LogP contribution in [0.15, 0.2) is 12.7 Å². The summed E-state index contributed by atoms with van der Waals surface area (Å²) < 4.78 is 0. The number of hydrogen-bond donors (Lipinski definition) is 1. The molecule has 0 aliphatic heterocycles. The van der Waals surface area contributed by atoms with E-state index in [1.165, 1.54) is 38.5 Å². The third-order valence-corrected chi connectivity index (χ3v) is 3.28. The molecule has 100 valence electrons. The van der Waals surface area contributed by atoms with Crippen LogP contribution in [0.4, 0.5) is 0 Å². The Morgan fingerprint density at radius 3 is 2.61 bits per heavy atom. The van der Waals surface area contributed by atoms with E-state index in [4.69, 9.17) is 0 Å². The summed E-state index contributed by atoms with van der Waals surface area (Å²) in [5, 5.41) is 1.83. The maximum atomic E-state index is 4.65. The molecule has 2 nitrogen and oxygen atoms in total. The van der Waals surface area contributed by atoms with Crippen molar-refractivity contribution in [1.29, 1.82) is 0 Å². The molecular formula is C16H26N2. The van der Waals surface area contributed by atoms with Crippen molar-refractivity contribution < 1.29 is 0 Å². The SMILES string of the molecule is C=C/C=c1/nc(C(CCC)CCCCC)[nH]c1=C. The molecule has 0 aliphatic rings. The van der Waals surface area contributed by atoms with E-state index in [0.717, 1.165) is 16.5 Å². The Morgan fingerprint density at radius 2 is 2.00 bits per heavy atom. The summed E-state index contributed by atoms with van der Waals surface area (Å²) in [5.74, 6) is 1.65. The summed E-state index contributed by atoms with van der Waals surface area (Å²) in [6.07, 6.45) is 11.2. The molecule has 2 heteroatoms. The van der Waals surface area contributed by atoms with Gasteiger partial charge in [-0.3, -0.25) is 0 Å².